The fraction of sp³-hybridized carbons (Fsp3) is 0.516. The first-order chi connectivity index (χ1) is 20.3. The molecule has 4 atom stereocenters. The van der Waals surface area contributed by atoms with Crippen molar-refractivity contribution in [2.24, 2.45) is 0 Å². The summed E-state index contributed by atoms with van der Waals surface area (Å²) in [6, 6.07) is 5.66. The van der Waals surface area contributed by atoms with E-state index in [9.17, 15) is 4.39 Å². The summed E-state index contributed by atoms with van der Waals surface area (Å²) in [4.78, 5) is 13.6. The molecule has 6 heterocycles. The Morgan fingerprint density at radius 2 is 1.88 bits per heavy atom. The van der Waals surface area contributed by atoms with Gasteiger partial charge >= 0.3 is 6.01 Å². The van der Waals surface area contributed by atoms with Crippen LogP contribution in [0.1, 0.15) is 43.4 Å². The number of H-pyrrole nitrogens is 1. The second kappa shape index (κ2) is 9.54. The molecule has 4 aliphatic heterocycles. The van der Waals surface area contributed by atoms with Crippen LogP contribution in [0.25, 0.3) is 32.9 Å². The third-order valence-electron chi connectivity index (χ3n) is 9.95. The second-order valence-electron chi connectivity index (χ2n) is 12.7. The Morgan fingerprint density at radius 3 is 2.69 bits per heavy atom. The van der Waals surface area contributed by atoms with Gasteiger partial charge in [0.15, 0.2) is 5.82 Å². The van der Waals surface area contributed by atoms with Gasteiger partial charge in [0.05, 0.1) is 16.6 Å². The van der Waals surface area contributed by atoms with Gasteiger partial charge in [-0.1, -0.05) is 6.07 Å². The standard InChI is InChI=1S/C31H34F3N7O/c1-16-4-7-23-25(17(2)38-39-23)24(16)26-22(33)10-21-28(27(26)34)36-30(37-29(21)40-13-19-5-6-20(14-40)35-19)42-15-31-8-3-9-41(31)12-18(32)11-31/h4,7,10,18-20,35H,3,5-6,8-9,11-15H2,1-2H3,(H,38,39)/t18-,19?,20?,31+/m1/s1. The minimum Gasteiger partial charge on any atom is -0.461 e. The lowest BCUT2D eigenvalue weighted by Crippen LogP contribution is -2.51. The largest absolute Gasteiger partial charge is 0.461 e. The van der Waals surface area contributed by atoms with E-state index in [0.29, 0.717) is 65.8 Å². The van der Waals surface area contributed by atoms with Crippen molar-refractivity contribution >= 4 is 27.6 Å². The minimum absolute atomic E-state index is 0.0189. The van der Waals surface area contributed by atoms with Gasteiger partial charge in [-0.3, -0.25) is 10.00 Å². The van der Waals surface area contributed by atoms with Gasteiger partial charge in [-0.2, -0.15) is 15.1 Å². The lowest BCUT2D eigenvalue weighted by atomic mass is 9.93. The van der Waals surface area contributed by atoms with Gasteiger partial charge in [-0.05, 0) is 63.8 Å². The number of hydrogen-bond donors (Lipinski definition) is 2. The first-order valence-electron chi connectivity index (χ1n) is 15.0. The number of hydrogen-bond acceptors (Lipinski definition) is 7. The molecule has 42 heavy (non-hydrogen) atoms. The molecular weight excluding hydrogens is 543 g/mol. The minimum atomic E-state index is -0.890. The molecule has 4 aliphatic rings. The summed E-state index contributed by atoms with van der Waals surface area (Å²) >= 11 is 0. The molecule has 4 aromatic rings. The second-order valence-corrected chi connectivity index (χ2v) is 12.7. The molecule has 0 saturated carbocycles. The van der Waals surface area contributed by atoms with Crippen molar-refractivity contribution in [2.45, 2.75) is 69.7 Å². The van der Waals surface area contributed by atoms with Crippen LogP contribution in [-0.4, -0.2) is 81.6 Å². The molecule has 0 spiro atoms. The highest BCUT2D eigenvalue weighted by atomic mass is 19.1. The predicted molar refractivity (Wildman–Crippen MR) is 155 cm³/mol. The summed E-state index contributed by atoms with van der Waals surface area (Å²) in [6.07, 6.45) is 3.45. The zero-order chi connectivity index (χ0) is 28.7. The zero-order valence-electron chi connectivity index (χ0n) is 23.8. The third-order valence-corrected chi connectivity index (χ3v) is 9.95. The molecule has 4 fully saturated rings. The molecular formula is C31H34F3N7O. The molecule has 2 aromatic carbocycles. The van der Waals surface area contributed by atoms with Crippen LogP contribution in [0.4, 0.5) is 19.0 Å². The summed E-state index contributed by atoms with van der Waals surface area (Å²) in [6.45, 7) is 6.53. The summed E-state index contributed by atoms with van der Waals surface area (Å²) in [5, 5.41) is 11.9. The number of ether oxygens (including phenoxy) is 1. The number of piperazine rings is 1. The van der Waals surface area contributed by atoms with Crippen molar-refractivity contribution in [1.82, 2.24) is 30.4 Å². The molecule has 220 valence electrons. The van der Waals surface area contributed by atoms with Crippen LogP contribution in [0.5, 0.6) is 6.01 Å². The fourth-order valence-electron chi connectivity index (χ4n) is 8.00. The van der Waals surface area contributed by atoms with Gasteiger partial charge in [0.25, 0.3) is 0 Å². The van der Waals surface area contributed by atoms with Crippen molar-refractivity contribution in [3.8, 4) is 17.1 Å². The van der Waals surface area contributed by atoms with E-state index in [4.69, 9.17) is 9.72 Å². The van der Waals surface area contributed by atoms with Crippen molar-refractivity contribution in [3.63, 3.8) is 0 Å². The van der Waals surface area contributed by atoms with E-state index < -0.39 is 23.3 Å². The Morgan fingerprint density at radius 1 is 1.07 bits per heavy atom. The van der Waals surface area contributed by atoms with Crippen LogP contribution in [0, 0.1) is 25.5 Å². The topological polar surface area (TPSA) is 82.2 Å². The molecule has 2 N–H and O–H groups in total. The first-order valence-corrected chi connectivity index (χ1v) is 15.0. The normalized spacial score (nSPS) is 27.5. The Kier molecular flexibility index (Phi) is 5.95. The number of nitrogens with one attached hydrogen (secondary N) is 2. The maximum Gasteiger partial charge on any atom is 0.319 e. The molecule has 4 saturated heterocycles. The molecule has 2 bridgehead atoms. The van der Waals surface area contributed by atoms with Crippen LogP contribution in [0.2, 0.25) is 0 Å². The van der Waals surface area contributed by atoms with Gasteiger partial charge in [-0.15, -0.1) is 0 Å². The predicted octanol–water partition coefficient (Wildman–Crippen LogP) is 4.96. The van der Waals surface area contributed by atoms with Crippen molar-refractivity contribution in [1.29, 1.82) is 0 Å². The average Bonchev–Trinajstić information content (AvgIpc) is 3.70. The number of rotatable bonds is 5. The SMILES string of the molecule is Cc1ccc2n[nH]c(C)c2c1-c1c(F)cc2c(N3CC4CCC(C3)N4)nc(OC[C@@]34CCCN3C[C@H](F)C4)nc2c1F. The molecule has 8 nitrogen and oxygen atoms in total. The fourth-order valence-corrected chi connectivity index (χ4v) is 8.00. The van der Waals surface area contributed by atoms with Crippen LogP contribution in [-0.2, 0) is 0 Å². The van der Waals surface area contributed by atoms with Crippen molar-refractivity contribution in [2.75, 3.05) is 37.7 Å². The first kappa shape index (κ1) is 26.2. The van der Waals surface area contributed by atoms with Crippen LogP contribution < -0.4 is 15.0 Å². The van der Waals surface area contributed by atoms with E-state index in [1.807, 2.05) is 26.0 Å². The smallest absolute Gasteiger partial charge is 0.319 e. The summed E-state index contributed by atoms with van der Waals surface area (Å²) < 4.78 is 53.5. The van der Waals surface area contributed by atoms with Gasteiger partial charge in [0, 0.05) is 60.2 Å². The number of nitrogens with zero attached hydrogens (tertiary/aromatic N) is 5. The number of anilines is 1. The quantitative estimate of drug-likeness (QED) is 0.347. The number of fused-ring (bicyclic) bond motifs is 5. The Labute approximate surface area is 241 Å². The maximum atomic E-state index is 16.8. The van der Waals surface area contributed by atoms with Crippen LogP contribution in [0.3, 0.4) is 0 Å². The highest BCUT2D eigenvalue weighted by molar-refractivity contribution is 6.02. The van der Waals surface area contributed by atoms with E-state index in [1.165, 1.54) is 6.07 Å². The van der Waals surface area contributed by atoms with E-state index in [-0.39, 0.29) is 23.7 Å². The average molecular weight is 578 g/mol. The molecule has 0 radical (unpaired) electrons. The van der Waals surface area contributed by atoms with Gasteiger partial charge in [0.2, 0.25) is 0 Å². The molecule has 2 aromatic heterocycles. The van der Waals surface area contributed by atoms with E-state index in [1.54, 1.807) is 0 Å². The highest BCUT2D eigenvalue weighted by Crippen LogP contribution is 2.43. The summed E-state index contributed by atoms with van der Waals surface area (Å²) in [5.74, 6) is -0.950. The van der Waals surface area contributed by atoms with Crippen LogP contribution >= 0.6 is 0 Å². The van der Waals surface area contributed by atoms with E-state index >= 15 is 8.78 Å². The maximum absolute atomic E-state index is 16.8. The van der Waals surface area contributed by atoms with Gasteiger partial charge in [-0.25, -0.2) is 13.2 Å². The van der Waals surface area contributed by atoms with Crippen molar-refractivity contribution < 1.29 is 17.9 Å². The highest BCUT2D eigenvalue weighted by Gasteiger charge is 2.49. The van der Waals surface area contributed by atoms with Gasteiger partial charge < -0.3 is 15.0 Å². The molecule has 11 heteroatoms. The number of aromatic amines is 1. The van der Waals surface area contributed by atoms with Crippen molar-refractivity contribution in [3.05, 3.63) is 41.1 Å². The van der Waals surface area contributed by atoms with E-state index in [0.717, 1.165) is 43.5 Å². The molecule has 2 unspecified atom stereocenters. The number of benzene rings is 2. The monoisotopic (exact) mass is 577 g/mol. The molecule has 0 aliphatic carbocycles. The number of aromatic nitrogens is 4. The Balaban J connectivity index is 1.28. The van der Waals surface area contributed by atoms with E-state index in [2.05, 4.69) is 30.3 Å². The Bertz CT molecular complexity index is 1710. The summed E-state index contributed by atoms with van der Waals surface area (Å²) in [7, 11) is 0. The van der Waals surface area contributed by atoms with Gasteiger partial charge in [0.1, 0.15) is 29.9 Å². The zero-order valence-corrected chi connectivity index (χ0v) is 23.8. The molecule has 8 rings (SSSR count). The number of halogens is 3. The lowest BCUT2D eigenvalue weighted by molar-refractivity contribution is 0.107. The number of aryl methyl sites for hydroxylation is 2. The number of alkyl halides is 1. The summed E-state index contributed by atoms with van der Waals surface area (Å²) in [5.41, 5.74) is 2.04. The van der Waals surface area contributed by atoms with Crippen LogP contribution in [0.15, 0.2) is 18.2 Å². The Hall–Kier alpha value is -3.44. The lowest BCUT2D eigenvalue weighted by Gasteiger charge is -2.34. The third kappa shape index (κ3) is 4.00. The molecule has 0 amide bonds.